The van der Waals surface area contributed by atoms with E-state index < -0.39 is 0 Å². The summed E-state index contributed by atoms with van der Waals surface area (Å²) in [5, 5.41) is 6.10. The molecule has 1 atom stereocenters. The quantitative estimate of drug-likeness (QED) is 0.863. The number of hydrogen-bond donors (Lipinski definition) is 1. The van der Waals surface area contributed by atoms with Gasteiger partial charge in [-0.15, -0.1) is 0 Å². The highest BCUT2D eigenvalue weighted by atomic mass is 14.9. The topological polar surface area (TPSA) is 24.9 Å². The lowest BCUT2D eigenvalue weighted by Gasteiger charge is -2.16. The van der Waals surface area contributed by atoms with Crippen LogP contribution in [0.4, 0.5) is 0 Å². The number of pyridine rings is 1. The van der Waals surface area contributed by atoms with Crippen LogP contribution in [0.1, 0.15) is 32.8 Å². The first kappa shape index (κ1) is 13.0. The molecule has 1 unspecified atom stereocenters. The second-order valence-electron chi connectivity index (χ2n) is 5.43. The number of aromatic nitrogens is 1. The van der Waals surface area contributed by atoms with Crippen LogP contribution in [-0.2, 0) is 6.54 Å². The summed E-state index contributed by atoms with van der Waals surface area (Å²) < 4.78 is 0. The number of benzene rings is 1. The Labute approximate surface area is 109 Å². The molecule has 1 aromatic carbocycles. The molecule has 18 heavy (non-hydrogen) atoms. The monoisotopic (exact) mass is 242 g/mol. The zero-order valence-corrected chi connectivity index (χ0v) is 11.5. The van der Waals surface area contributed by atoms with Crippen LogP contribution in [-0.4, -0.2) is 11.0 Å². The van der Waals surface area contributed by atoms with E-state index in [0.29, 0.717) is 6.04 Å². The van der Waals surface area contributed by atoms with E-state index in [1.807, 2.05) is 12.4 Å². The number of hydrogen-bond acceptors (Lipinski definition) is 2. The summed E-state index contributed by atoms with van der Waals surface area (Å²) in [6, 6.07) is 8.97. The molecule has 2 rings (SSSR count). The van der Waals surface area contributed by atoms with Gasteiger partial charge in [-0.05, 0) is 30.2 Å². The normalized spacial score (nSPS) is 13.1. The van der Waals surface area contributed by atoms with Gasteiger partial charge in [-0.1, -0.05) is 38.1 Å². The van der Waals surface area contributed by atoms with Crippen molar-refractivity contribution in [3.63, 3.8) is 0 Å². The lowest BCUT2D eigenvalue weighted by molar-refractivity contribution is 0.442. The Bertz CT molecular complexity index is 500. The molecular weight excluding hydrogens is 220 g/mol. The van der Waals surface area contributed by atoms with Crippen LogP contribution in [0.15, 0.2) is 36.7 Å². The van der Waals surface area contributed by atoms with Crippen molar-refractivity contribution in [3.8, 4) is 0 Å². The Hall–Kier alpha value is -1.41. The summed E-state index contributed by atoms with van der Waals surface area (Å²) in [6.07, 6.45) is 5.10. The van der Waals surface area contributed by atoms with Crippen LogP contribution in [0, 0.1) is 5.92 Å². The third-order valence-corrected chi connectivity index (χ3v) is 3.22. The van der Waals surface area contributed by atoms with Gasteiger partial charge in [0.1, 0.15) is 0 Å². The molecule has 0 fully saturated rings. The molecule has 96 valence electrons. The zero-order chi connectivity index (χ0) is 13.0. The van der Waals surface area contributed by atoms with Crippen molar-refractivity contribution in [2.24, 2.45) is 5.92 Å². The molecule has 0 aliphatic heterocycles. The molecule has 0 radical (unpaired) electrons. The first-order valence-corrected chi connectivity index (χ1v) is 6.72. The molecule has 0 bridgehead atoms. The van der Waals surface area contributed by atoms with Crippen molar-refractivity contribution < 1.29 is 0 Å². The third-order valence-electron chi connectivity index (χ3n) is 3.22. The minimum Gasteiger partial charge on any atom is -0.310 e. The summed E-state index contributed by atoms with van der Waals surface area (Å²) in [6.45, 7) is 7.66. The standard InChI is InChI=1S/C16H22N2/c1-12(2)8-13(3)18-11-15-10-17-9-14-6-4-5-7-16(14)15/h4-7,9-10,12-13,18H,8,11H2,1-3H3. The maximum Gasteiger partial charge on any atom is 0.0346 e. The van der Waals surface area contributed by atoms with Gasteiger partial charge in [0.25, 0.3) is 0 Å². The molecule has 0 amide bonds. The number of nitrogens with zero attached hydrogens (tertiary/aromatic N) is 1. The maximum atomic E-state index is 4.31. The van der Waals surface area contributed by atoms with Gasteiger partial charge in [-0.2, -0.15) is 0 Å². The summed E-state index contributed by atoms with van der Waals surface area (Å²) in [5.41, 5.74) is 1.28. The average Bonchev–Trinajstić information content (AvgIpc) is 2.35. The lowest BCUT2D eigenvalue weighted by atomic mass is 10.0. The molecule has 0 aliphatic rings. The summed E-state index contributed by atoms with van der Waals surface area (Å²) >= 11 is 0. The molecule has 0 spiro atoms. The Morgan fingerprint density at radius 2 is 1.89 bits per heavy atom. The molecule has 0 saturated carbocycles. The number of fused-ring (bicyclic) bond motifs is 1. The van der Waals surface area contributed by atoms with Crippen molar-refractivity contribution in [1.82, 2.24) is 10.3 Å². The summed E-state index contributed by atoms with van der Waals surface area (Å²) in [7, 11) is 0. The van der Waals surface area contributed by atoms with Crippen LogP contribution in [0.3, 0.4) is 0 Å². The SMILES string of the molecule is CC(C)CC(C)NCc1cncc2ccccc12. The van der Waals surface area contributed by atoms with Gasteiger partial charge in [-0.3, -0.25) is 4.98 Å². The minimum atomic E-state index is 0.545. The van der Waals surface area contributed by atoms with Gasteiger partial charge >= 0.3 is 0 Å². The smallest absolute Gasteiger partial charge is 0.0346 e. The predicted molar refractivity (Wildman–Crippen MR) is 77.5 cm³/mol. The summed E-state index contributed by atoms with van der Waals surface area (Å²) in [5.74, 6) is 0.734. The van der Waals surface area contributed by atoms with E-state index >= 15 is 0 Å². The van der Waals surface area contributed by atoms with Crippen LogP contribution in [0.2, 0.25) is 0 Å². The highest BCUT2D eigenvalue weighted by molar-refractivity contribution is 5.84. The molecule has 2 aromatic rings. The lowest BCUT2D eigenvalue weighted by Crippen LogP contribution is -2.26. The molecule has 2 heteroatoms. The van der Waals surface area contributed by atoms with Crippen LogP contribution in [0.25, 0.3) is 10.8 Å². The molecular formula is C16H22N2. The zero-order valence-electron chi connectivity index (χ0n) is 11.5. The van der Waals surface area contributed by atoms with Crippen molar-refractivity contribution in [1.29, 1.82) is 0 Å². The molecule has 0 saturated heterocycles. The fourth-order valence-corrected chi connectivity index (χ4v) is 2.39. The Balaban J connectivity index is 2.08. The van der Waals surface area contributed by atoms with Gasteiger partial charge < -0.3 is 5.32 Å². The van der Waals surface area contributed by atoms with Crippen molar-refractivity contribution in [3.05, 3.63) is 42.2 Å². The minimum absolute atomic E-state index is 0.545. The van der Waals surface area contributed by atoms with Gasteiger partial charge in [0.2, 0.25) is 0 Å². The number of rotatable bonds is 5. The van der Waals surface area contributed by atoms with Crippen molar-refractivity contribution in [2.45, 2.75) is 39.8 Å². The van der Waals surface area contributed by atoms with Crippen molar-refractivity contribution in [2.75, 3.05) is 0 Å². The Morgan fingerprint density at radius 3 is 2.67 bits per heavy atom. The van der Waals surface area contributed by atoms with Gasteiger partial charge in [0.15, 0.2) is 0 Å². The van der Waals surface area contributed by atoms with E-state index in [1.165, 1.54) is 22.8 Å². The largest absolute Gasteiger partial charge is 0.310 e. The molecule has 0 aliphatic carbocycles. The fourth-order valence-electron chi connectivity index (χ4n) is 2.39. The second kappa shape index (κ2) is 5.96. The van der Waals surface area contributed by atoms with E-state index in [-0.39, 0.29) is 0 Å². The Morgan fingerprint density at radius 1 is 1.11 bits per heavy atom. The van der Waals surface area contributed by atoms with Crippen LogP contribution in [0.5, 0.6) is 0 Å². The maximum absolute atomic E-state index is 4.31. The van der Waals surface area contributed by atoms with E-state index in [4.69, 9.17) is 0 Å². The van der Waals surface area contributed by atoms with Gasteiger partial charge in [0.05, 0.1) is 0 Å². The first-order chi connectivity index (χ1) is 8.66. The average molecular weight is 242 g/mol. The van der Waals surface area contributed by atoms with Crippen LogP contribution < -0.4 is 5.32 Å². The van der Waals surface area contributed by atoms with Crippen LogP contribution >= 0.6 is 0 Å². The van der Waals surface area contributed by atoms with E-state index in [1.54, 1.807) is 0 Å². The highest BCUT2D eigenvalue weighted by Gasteiger charge is 2.06. The molecule has 1 heterocycles. The second-order valence-corrected chi connectivity index (χ2v) is 5.43. The fraction of sp³-hybridized carbons (Fsp3) is 0.438. The predicted octanol–water partition coefficient (Wildman–Crippen LogP) is 3.76. The van der Waals surface area contributed by atoms with Gasteiger partial charge in [0, 0.05) is 30.4 Å². The third kappa shape index (κ3) is 3.30. The highest BCUT2D eigenvalue weighted by Crippen LogP contribution is 2.17. The Kier molecular flexibility index (Phi) is 4.32. The van der Waals surface area contributed by atoms with E-state index in [9.17, 15) is 0 Å². The first-order valence-electron chi connectivity index (χ1n) is 6.72. The summed E-state index contributed by atoms with van der Waals surface area (Å²) in [4.78, 5) is 4.31. The van der Waals surface area contributed by atoms with E-state index in [0.717, 1.165) is 12.5 Å². The molecule has 1 N–H and O–H groups in total. The van der Waals surface area contributed by atoms with E-state index in [2.05, 4.69) is 55.3 Å². The molecule has 2 nitrogen and oxygen atoms in total. The number of nitrogens with one attached hydrogen (secondary N) is 1. The van der Waals surface area contributed by atoms with Crippen molar-refractivity contribution >= 4 is 10.8 Å². The van der Waals surface area contributed by atoms with Gasteiger partial charge in [-0.25, -0.2) is 0 Å². The molecule has 1 aromatic heterocycles.